The molecule has 25 heavy (non-hydrogen) atoms. The SMILES string of the molecule is C#Cc1nn(PI)c2ccc(-c3cnn(C)c3OCCC)cc12.CC. The number of ether oxygens (including phenoxy) is 1. The fourth-order valence-corrected chi connectivity index (χ4v) is 3.98. The Kier molecular flexibility index (Phi) is 7.27. The number of terminal acetylenes is 1. The van der Waals surface area contributed by atoms with Crippen molar-refractivity contribution in [2.75, 3.05) is 6.61 Å². The average Bonchev–Trinajstić information content (AvgIpc) is 3.21. The van der Waals surface area contributed by atoms with Gasteiger partial charge in [0.15, 0.2) is 0 Å². The van der Waals surface area contributed by atoms with Gasteiger partial charge in [-0.25, -0.2) is 9.13 Å². The lowest BCUT2D eigenvalue weighted by molar-refractivity contribution is 0.291. The van der Waals surface area contributed by atoms with Crippen molar-refractivity contribution in [3.8, 4) is 29.4 Å². The van der Waals surface area contributed by atoms with Crippen LogP contribution in [0.3, 0.4) is 0 Å². The van der Waals surface area contributed by atoms with E-state index in [1.165, 1.54) is 0 Å². The van der Waals surface area contributed by atoms with Gasteiger partial charge in [-0.2, -0.15) is 10.2 Å². The maximum atomic E-state index is 5.85. The number of fused-ring (bicyclic) bond motifs is 1. The number of benzene rings is 1. The number of aryl methyl sites for hydroxylation is 1. The fraction of sp³-hybridized carbons (Fsp3) is 0.333. The van der Waals surface area contributed by atoms with E-state index in [0.717, 1.165) is 34.3 Å². The molecule has 2 heterocycles. The normalized spacial score (nSPS) is 10.7. The largest absolute Gasteiger partial charge is 0.477 e. The lowest BCUT2D eigenvalue weighted by Crippen LogP contribution is -2.02. The van der Waals surface area contributed by atoms with Gasteiger partial charge in [0.1, 0.15) is 5.69 Å². The Hall–Kier alpha value is -1.58. The molecule has 0 N–H and O–H groups in total. The van der Waals surface area contributed by atoms with Crippen LogP contribution in [0.5, 0.6) is 5.88 Å². The first-order chi connectivity index (χ1) is 12.2. The minimum absolute atomic E-state index is 0.512. The van der Waals surface area contributed by atoms with E-state index in [1.807, 2.05) is 31.5 Å². The van der Waals surface area contributed by atoms with Crippen molar-refractivity contribution in [3.63, 3.8) is 0 Å². The van der Waals surface area contributed by atoms with E-state index in [1.54, 1.807) is 4.68 Å². The third kappa shape index (κ3) is 3.99. The second-order valence-corrected chi connectivity index (χ2v) is 7.10. The second-order valence-electron chi connectivity index (χ2n) is 5.06. The molecule has 0 saturated carbocycles. The quantitative estimate of drug-likeness (QED) is 0.300. The summed E-state index contributed by atoms with van der Waals surface area (Å²) in [7, 11) is 1.88. The Bertz CT molecular complexity index is 894. The molecule has 0 amide bonds. The molecule has 2 aromatic heterocycles. The van der Waals surface area contributed by atoms with Crippen molar-refractivity contribution in [2.45, 2.75) is 27.2 Å². The second kappa shape index (κ2) is 9.21. The maximum absolute atomic E-state index is 5.85. The molecule has 3 rings (SSSR count). The van der Waals surface area contributed by atoms with E-state index < -0.39 is 0 Å². The highest BCUT2D eigenvalue weighted by Gasteiger charge is 2.15. The van der Waals surface area contributed by atoms with Gasteiger partial charge in [0.25, 0.3) is 0 Å². The monoisotopic (exact) mass is 468 g/mol. The van der Waals surface area contributed by atoms with Crippen molar-refractivity contribution in [3.05, 3.63) is 30.1 Å². The number of nitrogens with zero attached hydrogens (tertiary/aromatic N) is 4. The lowest BCUT2D eigenvalue weighted by Gasteiger charge is -2.08. The zero-order valence-electron chi connectivity index (χ0n) is 14.9. The summed E-state index contributed by atoms with van der Waals surface area (Å²) in [6.45, 7) is 6.75. The summed E-state index contributed by atoms with van der Waals surface area (Å²) < 4.78 is 9.54. The van der Waals surface area contributed by atoms with Crippen molar-refractivity contribution in [1.82, 2.24) is 19.3 Å². The summed E-state index contributed by atoms with van der Waals surface area (Å²) in [4.78, 5) is 0. The summed E-state index contributed by atoms with van der Waals surface area (Å²) in [5.74, 6) is 3.45. The van der Waals surface area contributed by atoms with Crippen LogP contribution < -0.4 is 4.74 Å². The summed E-state index contributed by atoms with van der Waals surface area (Å²) >= 11 is 2.30. The Morgan fingerprint density at radius 1 is 1.36 bits per heavy atom. The summed E-state index contributed by atoms with van der Waals surface area (Å²) in [6.07, 6.45) is 8.90. The van der Waals surface area contributed by atoms with Gasteiger partial charge in [-0.3, -0.25) is 0 Å². The highest BCUT2D eigenvalue weighted by atomic mass is 127. The Balaban J connectivity index is 0.00000109. The zero-order valence-corrected chi connectivity index (χ0v) is 18.0. The highest BCUT2D eigenvalue weighted by Crippen LogP contribution is 2.35. The smallest absolute Gasteiger partial charge is 0.219 e. The van der Waals surface area contributed by atoms with Crippen LogP contribution in [-0.2, 0) is 7.05 Å². The molecule has 1 unspecified atom stereocenters. The standard InChI is InChI=1S/C16H16IN4OP.C2H6/c1-4-8-22-16-13(10-18-20(16)3)11-6-7-15-12(9-11)14(5-2)19-21(15)23-17;1-2/h2,6-7,9-10,23H,4,8H2,1,3H3;1-2H3. The summed E-state index contributed by atoms with van der Waals surface area (Å²) in [5, 5.41) is 9.78. The number of hydrogen-bond acceptors (Lipinski definition) is 3. The predicted octanol–water partition coefficient (Wildman–Crippen LogP) is 5.02. The van der Waals surface area contributed by atoms with Crippen LogP contribution in [-0.4, -0.2) is 25.9 Å². The first-order valence-corrected chi connectivity index (χ1v) is 12.3. The predicted molar refractivity (Wildman–Crippen MR) is 115 cm³/mol. The van der Waals surface area contributed by atoms with Crippen LogP contribution in [0.15, 0.2) is 24.4 Å². The van der Waals surface area contributed by atoms with Crippen LogP contribution in [0, 0.1) is 12.3 Å². The van der Waals surface area contributed by atoms with E-state index in [-0.39, 0.29) is 0 Å². The molecule has 0 aliphatic rings. The van der Waals surface area contributed by atoms with Crippen molar-refractivity contribution < 1.29 is 4.74 Å². The van der Waals surface area contributed by atoms with Gasteiger partial charge in [0.2, 0.25) is 5.88 Å². The van der Waals surface area contributed by atoms with Gasteiger partial charge < -0.3 is 4.74 Å². The minimum atomic E-state index is 0.512. The van der Waals surface area contributed by atoms with E-state index in [0.29, 0.717) is 18.7 Å². The van der Waals surface area contributed by atoms with E-state index in [9.17, 15) is 0 Å². The fourth-order valence-electron chi connectivity index (χ4n) is 2.45. The zero-order chi connectivity index (χ0) is 18.4. The van der Waals surface area contributed by atoms with Gasteiger partial charge in [-0.15, -0.1) is 6.42 Å². The van der Waals surface area contributed by atoms with Gasteiger partial charge >= 0.3 is 0 Å². The molecule has 1 atom stereocenters. The molecule has 0 aliphatic heterocycles. The molecule has 0 spiro atoms. The first-order valence-electron chi connectivity index (χ1n) is 8.20. The van der Waals surface area contributed by atoms with E-state index in [4.69, 9.17) is 11.2 Å². The summed E-state index contributed by atoms with van der Waals surface area (Å²) in [5.41, 5.74) is 3.72. The Morgan fingerprint density at radius 2 is 2.12 bits per heavy atom. The van der Waals surface area contributed by atoms with E-state index >= 15 is 0 Å². The molecule has 0 aliphatic carbocycles. The average molecular weight is 468 g/mol. The molecule has 0 saturated heterocycles. The van der Waals surface area contributed by atoms with Crippen LogP contribution in [0.1, 0.15) is 32.9 Å². The Labute approximate surface area is 163 Å². The van der Waals surface area contributed by atoms with Crippen LogP contribution in [0.2, 0.25) is 0 Å². The topological polar surface area (TPSA) is 44.9 Å². The van der Waals surface area contributed by atoms with Crippen molar-refractivity contribution in [2.24, 2.45) is 7.05 Å². The molecule has 0 radical (unpaired) electrons. The maximum Gasteiger partial charge on any atom is 0.219 e. The molecule has 1 aromatic carbocycles. The third-order valence-corrected chi connectivity index (χ3v) is 5.41. The molecule has 7 heteroatoms. The van der Waals surface area contributed by atoms with Crippen LogP contribution >= 0.6 is 28.4 Å². The number of rotatable bonds is 5. The van der Waals surface area contributed by atoms with Gasteiger partial charge in [-0.05, 0) is 52.1 Å². The van der Waals surface area contributed by atoms with Crippen molar-refractivity contribution in [1.29, 1.82) is 0 Å². The van der Waals surface area contributed by atoms with Crippen molar-refractivity contribution >= 4 is 39.3 Å². The van der Waals surface area contributed by atoms with Gasteiger partial charge in [-0.1, -0.05) is 26.8 Å². The number of hydrogen-bond donors (Lipinski definition) is 0. The summed E-state index contributed by atoms with van der Waals surface area (Å²) in [6, 6.07) is 6.19. The molecular formula is C18H22IN4OP. The van der Waals surface area contributed by atoms with Crippen LogP contribution in [0.4, 0.5) is 0 Å². The molecule has 5 nitrogen and oxygen atoms in total. The molecule has 3 aromatic rings. The number of halogens is 1. The van der Waals surface area contributed by atoms with E-state index in [2.05, 4.69) is 63.3 Å². The first kappa shape index (κ1) is 19.7. The Morgan fingerprint density at radius 3 is 2.76 bits per heavy atom. The minimum Gasteiger partial charge on any atom is -0.477 e. The molecular weight excluding hydrogens is 446 g/mol. The van der Waals surface area contributed by atoms with Crippen LogP contribution in [0.25, 0.3) is 22.0 Å². The highest BCUT2D eigenvalue weighted by molar-refractivity contribution is 14.2. The van der Waals surface area contributed by atoms with Gasteiger partial charge in [0, 0.05) is 12.4 Å². The van der Waals surface area contributed by atoms with Gasteiger partial charge in [0.05, 0.1) is 30.3 Å². The molecule has 0 fully saturated rings. The molecule has 0 bridgehead atoms. The lowest BCUT2D eigenvalue weighted by atomic mass is 10.1. The third-order valence-electron chi connectivity index (χ3n) is 3.53. The number of aromatic nitrogens is 4. The molecule has 132 valence electrons.